The van der Waals surface area contributed by atoms with E-state index in [1.807, 2.05) is 0 Å². The van der Waals surface area contributed by atoms with Crippen molar-refractivity contribution in [1.29, 1.82) is 0 Å². The number of carbonyl (C=O) groups is 2. The minimum atomic E-state index is -0.923. The van der Waals surface area contributed by atoms with Crippen LogP contribution >= 0.6 is 0 Å². The first kappa shape index (κ1) is 12.2. The highest BCUT2D eigenvalue weighted by molar-refractivity contribution is 5.83. The van der Waals surface area contributed by atoms with Crippen molar-refractivity contribution in [2.45, 2.75) is 37.8 Å². The lowest BCUT2D eigenvalue weighted by atomic mass is 10.1. The number of nitrogens with zero attached hydrogens (tertiary/aromatic N) is 2. The predicted octanol–water partition coefficient (Wildman–Crippen LogP) is 0.112. The molecule has 96 valence electrons. The Morgan fingerprint density at radius 2 is 1.71 bits per heavy atom. The molecule has 0 aromatic rings. The van der Waals surface area contributed by atoms with E-state index < -0.39 is 12.0 Å². The molecule has 2 aliphatic heterocycles. The first-order valence-electron chi connectivity index (χ1n) is 6.06. The molecule has 0 aromatic heterocycles. The Hall–Kier alpha value is -1.30. The third kappa shape index (κ3) is 2.52. The van der Waals surface area contributed by atoms with Gasteiger partial charge in [0.2, 0.25) is 0 Å². The Bertz CT molecular complexity index is 313. The number of rotatable bonds is 1. The summed E-state index contributed by atoms with van der Waals surface area (Å²) in [5, 5.41) is 18.4. The third-order valence-electron chi connectivity index (χ3n) is 3.52. The second-order valence-electron chi connectivity index (χ2n) is 4.69. The number of aliphatic hydroxyl groups excluding tert-OH is 1. The molecule has 6 heteroatoms. The molecule has 2 fully saturated rings. The molecule has 2 rings (SSSR count). The third-order valence-corrected chi connectivity index (χ3v) is 3.52. The molecule has 1 unspecified atom stereocenters. The van der Waals surface area contributed by atoms with E-state index in [1.165, 1.54) is 4.90 Å². The summed E-state index contributed by atoms with van der Waals surface area (Å²) in [5.74, 6) is -0.923. The Balaban J connectivity index is 1.97. The molecule has 0 saturated carbocycles. The number of likely N-dealkylation sites (tertiary alicyclic amines) is 2. The number of aliphatic hydroxyl groups is 1. The normalized spacial score (nSPS) is 26.3. The van der Waals surface area contributed by atoms with E-state index in [4.69, 9.17) is 5.11 Å². The maximum atomic E-state index is 12.1. The second-order valence-corrected chi connectivity index (χ2v) is 4.69. The average molecular weight is 242 g/mol. The van der Waals surface area contributed by atoms with Gasteiger partial charge in [0.25, 0.3) is 0 Å². The molecule has 0 bridgehead atoms. The van der Waals surface area contributed by atoms with Crippen LogP contribution in [-0.4, -0.2) is 63.8 Å². The summed E-state index contributed by atoms with van der Waals surface area (Å²) >= 11 is 0. The lowest BCUT2D eigenvalue weighted by Gasteiger charge is -2.34. The number of hydrogen-bond acceptors (Lipinski definition) is 3. The van der Waals surface area contributed by atoms with Gasteiger partial charge < -0.3 is 20.0 Å². The van der Waals surface area contributed by atoms with Crippen molar-refractivity contribution in [3.63, 3.8) is 0 Å². The summed E-state index contributed by atoms with van der Waals surface area (Å²) in [6.45, 7) is 1.56. The van der Waals surface area contributed by atoms with Gasteiger partial charge in [-0.25, -0.2) is 9.59 Å². The molecule has 0 aromatic carbocycles. The van der Waals surface area contributed by atoms with Gasteiger partial charge in [0.05, 0.1) is 6.10 Å². The van der Waals surface area contributed by atoms with Gasteiger partial charge in [-0.2, -0.15) is 0 Å². The zero-order valence-corrected chi connectivity index (χ0v) is 9.71. The van der Waals surface area contributed by atoms with E-state index in [0.29, 0.717) is 38.9 Å². The quantitative estimate of drug-likeness (QED) is 0.684. The largest absolute Gasteiger partial charge is 0.480 e. The molecule has 0 spiro atoms. The summed E-state index contributed by atoms with van der Waals surface area (Å²) in [5.41, 5.74) is 0. The zero-order chi connectivity index (χ0) is 12.4. The average Bonchev–Trinajstić information content (AvgIpc) is 2.78. The van der Waals surface area contributed by atoms with Gasteiger partial charge in [0.15, 0.2) is 0 Å². The summed E-state index contributed by atoms with van der Waals surface area (Å²) in [7, 11) is 0. The number of aliphatic carboxylic acids is 1. The van der Waals surface area contributed by atoms with Crippen molar-refractivity contribution in [2.24, 2.45) is 0 Å². The van der Waals surface area contributed by atoms with Crippen LogP contribution in [0.15, 0.2) is 0 Å². The molecule has 0 radical (unpaired) electrons. The van der Waals surface area contributed by atoms with E-state index in [1.54, 1.807) is 4.90 Å². The number of carboxylic acid groups (broad SMARTS) is 1. The predicted molar refractivity (Wildman–Crippen MR) is 59.6 cm³/mol. The standard InChI is InChI=1S/C11H18N2O4/c14-8-3-6-12(7-4-8)11(17)13-5-1-2-9(13)10(15)16/h8-9,14H,1-7H2,(H,15,16). The lowest BCUT2D eigenvalue weighted by molar-refractivity contribution is -0.141. The molecule has 0 aliphatic carbocycles. The summed E-state index contributed by atoms with van der Waals surface area (Å²) in [4.78, 5) is 26.2. The highest BCUT2D eigenvalue weighted by Crippen LogP contribution is 2.21. The first-order valence-corrected chi connectivity index (χ1v) is 6.06. The fraction of sp³-hybridized carbons (Fsp3) is 0.818. The van der Waals surface area contributed by atoms with Gasteiger partial charge >= 0.3 is 12.0 Å². The first-order chi connectivity index (χ1) is 8.09. The molecule has 6 nitrogen and oxygen atoms in total. The minimum absolute atomic E-state index is 0.193. The Labute approximate surface area is 99.8 Å². The SMILES string of the molecule is O=C(O)C1CCCN1C(=O)N1CCC(O)CC1. The van der Waals surface area contributed by atoms with Gasteiger partial charge in [0, 0.05) is 19.6 Å². The van der Waals surface area contributed by atoms with Crippen LogP contribution in [0.5, 0.6) is 0 Å². The lowest BCUT2D eigenvalue weighted by Crippen LogP contribution is -2.50. The number of amides is 2. The summed E-state index contributed by atoms with van der Waals surface area (Å²) in [6.07, 6.45) is 2.12. The van der Waals surface area contributed by atoms with Crippen molar-refractivity contribution >= 4 is 12.0 Å². The molecular weight excluding hydrogens is 224 g/mol. The zero-order valence-electron chi connectivity index (χ0n) is 9.71. The topological polar surface area (TPSA) is 81.1 Å². The monoisotopic (exact) mass is 242 g/mol. The Kier molecular flexibility index (Phi) is 3.51. The van der Waals surface area contributed by atoms with Crippen LogP contribution in [0, 0.1) is 0 Å². The Morgan fingerprint density at radius 1 is 1.06 bits per heavy atom. The van der Waals surface area contributed by atoms with Crippen molar-refractivity contribution in [1.82, 2.24) is 9.80 Å². The van der Waals surface area contributed by atoms with Crippen LogP contribution in [-0.2, 0) is 4.79 Å². The van der Waals surface area contributed by atoms with Gasteiger partial charge in [0.1, 0.15) is 6.04 Å². The maximum absolute atomic E-state index is 12.1. The highest BCUT2D eigenvalue weighted by Gasteiger charge is 2.36. The molecule has 1 atom stereocenters. The number of piperidine rings is 1. The minimum Gasteiger partial charge on any atom is -0.480 e. The van der Waals surface area contributed by atoms with Crippen molar-refractivity contribution < 1.29 is 19.8 Å². The van der Waals surface area contributed by atoms with Crippen LogP contribution in [0.1, 0.15) is 25.7 Å². The van der Waals surface area contributed by atoms with Gasteiger partial charge in [-0.1, -0.05) is 0 Å². The molecule has 17 heavy (non-hydrogen) atoms. The smallest absolute Gasteiger partial charge is 0.326 e. The van der Waals surface area contributed by atoms with Crippen molar-refractivity contribution in [3.05, 3.63) is 0 Å². The fourth-order valence-corrected chi connectivity index (χ4v) is 2.49. The van der Waals surface area contributed by atoms with E-state index in [-0.39, 0.29) is 12.1 Å². The second kappa shape index (κ2) is 4.91. The fourth-order valence-electron chi connectivity index (χ4n) is 2.49. The van der Waals surface area contributed by atoms with Crippen LogP contribution in [0.4, 0.5) is 4.79 Å². The molecule has 2 heterocycles. The number of urea groups is 1. The van der Waals surface area contributed by atoms with Crippen LogP contribution in [0.2, 0.25) is 0 Å². The number of carbonyl (C=O) groups excluding carboxylic acids is 1. The summed E-state index contributed by atoms with van der Waals surface area (Å²) < 4.78 is 0. The molecule has 2 amide bonds. The molecule has 2 saturated heterocycles. The Morgan fingerprint density at radius 3 is 2.29 bits per heavy atom. The van der Waals surface area contributed by atoms with Crippen molar-refractivity contribution in [3.8, 4) is 0 Å². The van der Waals surface area contributed by atoms with E-state index >= 15 is 0 Å². The molecule has 2 N–H and O–H groups in total. The molecule has 2 aliphatic rings. The van der Waals surface area contributed by atoms with Crippen molar-refractivity contribution in [2.75, 3.05) is 19.6 Å². The number of carboxylic acids is 1. The van der Waals surface area contributed by atoms with E-state index in [0.717, 1.165) is 6.42 Å². The van der Waals surface area contributed by atoms with Crippen LogP contribution < -0.4 is 0 Å². The van der Waals surface area contributed by atoms with E-state index in [2.05, 4.69) is 0 Å². The summed E-state index contributed by atoms with van der Waals surface area (Å²) in [6, 6.07) is -0.865. The highest BCUT2D eigenvalue weighted by atomic mass is 16.4. The van der Waals surface area contributed by atoms with Gasteiger partial charge in [-0.3, -0.25) is 0 Å². The maximum Gasteiger partial charge on any atom is 0.326 e. The molecular formula is C11H18N2O4. The van der Waals surface area contributed by atoms with Gasteiger partial charge in [-0.05, 0) is 25.7 Å². The van der Waals surface area contributed by atoms with Gasteiger partial charge in [-0.15, -0.1) is 0 Å². The van der Waals surface area contributed by atoms with Crippen LogP contribution in [0.25, 0.3) is 0 Å². The number of hydrogen-bond donors (Lipinski definition) is 2. The van der Waals surface area contributed by atoms with Crippen LogP contribution in [0.3, 0.4) is 0 Å². The van der Waals surface area contributed by atoms with E-state index in [9.17, 15) is 14.7 Å².